The highest BCUT2D eigenvalue weighted by Gasteiger charge is 2.10. The molecule has 2 rings (SSSR count). The van der Waals surface area contributed by atoms with E-state index in [4.69, 9.17) is 9.52 Å². The molecule has 6 heteroatoms. The summed E-state index contributed by atoms with van der Waals surface area (Å²) in [5.74, 6) is -1.09. The fourth-order valence-electron chi connectivity index (χ4n) is 1.19. The molecule has 0 spiro atoms. The molecule has 0 unspecified atom stereocenters. The Kier molecular flexibility index (Phi) is 2.91. The number of rotatable bonds is 4. The summed E-state index contributed by atoms with van der Waals surface area (Å²) in [5, 5.41) is 15.7. The molecular weight excluding hydrogens is 228 g/mol. The zero-order chi connectivity index (χ0) is 11.5. The van der Waals surface area contributed by atoms with Crippen LogP contribution < -0.4 is 5.32 Å². The van der Waals surface area contributed by atoms with E-state index in [1.165, 1.54) is 5.56 Å². The average molecular weight is 238 g/mol. The lowest BCUT2D eigenvalue weighted by Gasteiger charge is -2.00. The Morgan fingerprint density at radius 2 is 2.44 bits per heavy atom. The number of hydrogen-bond donors (Lipinski definition) is 2. The van der Waals surface area contributed by atoms with Crippen LogP contribution in [0.1, 0.15) is 21.6 Å². The molecule has 0 amide bonds. The summed E-state index contributed by atoms with van der Waals surface area (Å²) in [6, 6.07) is 0.225. The van der Waals surface area contributed by atoms with E-state index in [9.17, 15) is 4.79 Å². The topological polar surface area (TPSA) is 75.4 Å². The van der Waals surface area contributed by atoms with Crippen LogP contribution in [0.15, 0.2) is 21.4 Å². The summed E-state index contributed by atoms with van der Waals surface area (Å²) in [7, 11) is 0. The van der Waals surface area contributed by atoms with Gasteiger partial charge in [-0.2, -0.15) is 16.3 Å². The minimum absolute atomic E-state index is 0.0930. The van der Waals surface area contributed by atoms with E-state index >= 15 is 0 Å². The van der Waals surface area contributed by atoms with Gasteiger partial charge in [0, 0.05) is 6.54 Å². The maximum absolute atomic E-state index is 10.6. The van der Waals surface area contributed by atoms with E-state index in [1.807, 2.05) is 12.3 Å². The van der Waals surface area contributed by atoms with Crippen molar-refractivity contribution in [2.75, 3.05) is 5.32 Å². The van der Waals surface area contributed by atoms with Crippen LogP contribution in [0.5, 0.6) is 0 Å². The molecule has 0 bridgehead atoms. The fraction of sp³-hybridized carbons (Fsp3) is 0.200. The first-order chi connectivity index (χ1) is 7.66. The molecule has 2 aromatic rings. The van der Waals surface area contributed by atoms with E-state index in [-0.39, 0.29) is 11.7 Å². The van der Waals surface area contributed by atoms with Crippen LogP contribution in [-0.2, 0) is 6.54 Å². The van der Waals surface area contributed by atoms with Gasteiger partial charge in [-0.15, -0.1) is 0 Å². The molecule has 0 aliphatic rings. The summed E-state index contributed by atoms with van der Waals surface area (Å²) in [5.41, 5.74) is 2.26. The summed E-state index contributed by atoms with van der Waals surface area (Å²) in [6.07, 6.45) is 1.12. The molecule has 84 valence electrons. The standard InChI is InChI=1S/C10H10N2O3S/c1-6-4-16-5-7(6)2-11-10-12-8(3-15-10)9(13)14/h3-5H,2H2,1H3,(H,11,12)(H,13,14). The van der Waals surface area contributed by atoms with Gasteiger partial charge in [-0.05, 0) is 28.8 Å². The van der Waals surface area contributed by atoms with Gasteiger partial charge in [0.15, 0.2) is 5.69 Å². The van der Waals surface area contributed by atoms with Crippen LogP contribution in [-0.4, -0.2) is 16.1 Å². The van der Waals surface area contributed by atoms with E-state index < -0.39 is 5.97 Å². The number of nitrogens with one attached hydrogen (secondary N) is 1. The van der Waals surface area contributed by atoms with Gasteiger partial charge in [-0.3, -0.25) is 0 Å². The quantitative estimate of drug-likeness (QED) is 0.855. The Morgan fingerprint density at radius 1 is 1.62 bits per heavy atom. The number of aromatic nitrogens is 1. The van der Waals surface area contributed by atoms with E-state index in [0.717, 1.165) is 11.8 Å². The minimum Gasteiger partial charge on any atom is -0.476 e. The van der Waals surface area contributed by atoms with Gasteiger partial charge >= 0.3 is 5.97 Å². The molecular formula is C10H10N2O3S. The Balaban J connectivity index is 2.00. The van der Waals surface area contributed by atoms with Crippen LogP contribution in [0.3, 0.4) is 0 Å². The van der Waals surface area contributed by atoms with Gasteiger partial charge in [-0.25, -0.2) is 4.79 Å². The van der Waals surface area contributed by atoms with Crippen LogP contribution in [0.2, 0.25) is 0 Å². The van der Waals surface area contributed by atoms with Crippen LogP contribution in [0.25, 0.3) is 0 Å². The number of thiophene rings is 1. The number of hydrogen-bond acceptors (Lipinski definition) is 5. The second kappa shape index (κ2) is 4.36. The van der Waals surface area contributed by atoms with Crippen LogP contribution >= 0.6 is 11.3 Å². The van der Waals surface area contributed by atoms with Gasteiger partial charge in [-0.1, -0.05) is 0 Å². The smallest absolute Gasteiger partial charge is 0.357 e. The first-order valence-corrected chi connectivity index (χ1v) is 5.55. The van der Waals surface area contributed by atoms with Gasteiger partial charge in [0.1, 0.15) is 6.26 Å². The third kappa shape index (κ3) is 2.22. The third-order valence-corrected chi connectivity index (χ3v) is 3.03. The number of aromatic carboxylic acids is 1. The third-order valence-electron chi connectivity index (χ3n) is 2.11. The molecule has 0 saturated carbocycles. The average Bonchev–Trinajstić information content (AvgIpc) is 2.83. The normalized spacial score (nSPS) is 10.3. The summed E-state index contributed by atoms with van der Waals surface area (Å²) < 4.78 is 4.96. The summed E-state index contributed by atoms with van der Waals surface area (Å²) >= 11 is 1.63. The van der Waals surface area contributed by atoms with E-state index in [0.29, 0.717) is 6.54 Å². The number of carboxylic acid groups (broad SMARTS) is 1. The Labute approximate surface area is 95.7 Å². The lowest BCUT2D eigenvalue weighted by atomic mass is 10.2. The molecule has 5 nitrogen and oxygen atoms in total. The van der Waals surface area contributed by atoms with E-state index in [1.54, 1.807) is 11.3 Å². The zero-order valence-electron chi connectivity index (χ0n) is 8.56. The number of carbonyl (C=O) groups is 1. The molecule has 16 heavy (non-hydrogen) atoms. The summed E-state index contributed by atoms with van der Waals surface area (Å²) in [6.45, 7) is 2.60. The fourth-order valence-corrected chi connectivity index (χ4v) is 2.05. The lowest BCUT2D eigenvalue weighted by Crippen LogP contribution is -2.01. The van der Waals surface area contributed by atoms with Crippen molar-refractivity contribution in [2.45, 2.75) is 13.5 Å². The molecule has 0 radical (unpaired) electrons. The molecule has 2 aromatic heterocycles. The monoisotopic (exact) mass is 238 g/mol. The molecule has 0 fully saturated rings. The predicted molar refractivity (Wildman–Crippen MR) is 59.8 cm³/mol. The van der Waals surface area contributed by atoms with Crippen molar-refractivity contribution in [3.05, 3.63) is 33.8 Å². The summed E-state index contributed by atoms with van der Waals surface area (Å²) in [4.78, 5) is 14.3. The van der Waals surface area contributed by atoms with Crippen molar-refractivity contribution in [1.82, 2.24) is 4.98 Å². The molecule has 0 saturated heterocycles. The van der Waals surface area contributed by atoms with Crippen molar-refractivity contribution in [3.63, 3.8) is 0 Å². The number of carboxylic acids is 1. The second-order valence-electron chi connectivity index (χ2n) is 3.28. The number of oxazole rings is 1. The van der Waals surface area contributed by atoms with Crippen LogP contribution in [0, 0.1) is 6.92 Å². The van der Waals surface area contributed by atoms with Gasteiger partial charge in [0.05, 0.1) is 0 Å². The molecule has 0 aromatic carbocycles. The predicted octanol–water partition coefficient (Wildman–Crippen LogP) is 2.35. The number of aryl methyl sites for hydroxylation is 1. The lowest BCUT2D eigenvalue weighted by molar-refractivity contribution is 0.0690. The maximum atomic E-state index is 10.6. The van der Waals surface area contributed by atoms with Crippen molar-refractivity contribution in [1.29, 1.82) is 0 Å². The highest BCUT2D eigenvalue weighted by molar-refractivity contribution is 7.08. The van der Waals surface area contributed by atoms with Crippen molar-refractivity contribution in [3.8, 4) is 0 Å². The Hall–Kier alpha value is -1.82. The van der Waals surface area contributed by atoms with Crippen molar-refractivity contribution in [2.24, 2.45) is 0 Å². The molecule has 2 heterocycles. The highest BCUT2D eigenvalue weighted by Crippen LogP contribution is 2.15. The second-order valence-corrected chi connectivity index (χ2v) is 4.02. The zero-order valence-corrected chi connectivity index (χ0v) is 9.37. The SMILES string of the molecule is Cc1cscc1CNc1nc(C(=O)O)co1. The van der Waals surface area contributed by atoms with Crippen molar-refractivity contribution < 1.29 is 14.3 Å². The minimum atomic E-state index is -1.09. The number of anilines is 1. The first-order valence-electron chi connectivity index (χ1n) is 4.61. The number of nitrogens with zero attached hydrogens (tertiary/aromatic N) is 1. The Morgan fingerprint density at radius 3 is 3.00 bits per heavy atom. The molecule has 0 atom stereocenters. The first kappa shape index (κ1) is 10.7. The van der Waals surface area contributed by atoms with Crippen molar-refractivity contribution >= 4 is 23.3 Å². The largest absolute Gasteiger partial charge is 0.476 e. The molecule has 0 aliphatic heterocycles. The Bertz CT molecular complexity index is 504. The van der Waals surface area contributed by atoms with Gasteiger partial charge < -0.3 is 14.8 Å². The van der Waals surface area contributed by atoms with Gasteiger partial charge in [0.2, 0.25) is 0 Å². The van der Waals surface area contributed by atoms with Gasteiger partial charge in [0.25, 0.3) is 6.01 Å². The highest BCUT2D eigenvalue weighted by atomic mass is 32.1. The van der Waals surface area contributed by atoms with Crippen LogP contribution in [0.4, 0.5) is 6.01 Å². The molecule has 0 aliphatic carbocycles. The maximum Gasteiger partial charge on any atom is 0.357 e. The molecule has 2 N–H and O–H groups in total. The van der Waals surface area contributed by atoms with E-state index in [2.05, 4.69) is 15.7 Å².